The van der Waals surface area contributed by atoms with Crippen LogP contribution in [0.4, 0.5) is 5.69 Å². The monoisotopic (exact) mass is 248 g/mol. The van der Waals surface area contributed by atoms with Crippen molar-refractivity contribution in [1.82, 2.24) is 5.32 Å². The van der Waals surface area contributed by atoms with Gasteiger partial charge in [0, 0.05) is 18.2 Å². The van der Waals surface area contributed by atoms with Gasteiger partial charge < -0.3 is 11.1 Å². The fourth-order valence-electron chi connectivity index (χ4n) is 1.70. The molecule has 3 heteroatoms. The largest absolute Gasteiger partial charge is 0.399 e. The molecule has 1 aromatic carbocycles. The van der Waals surface area contributed by atoms with E-state index in [4.69, 9.17) is 5.73 Å². The van der Waals surface area contributed by atoms with E-state index in [1.165, 1.54) is 0 Å². The van der Waals surface area contributed by atoms with Crippen LogP contribution in [0, 0.1) is 5.92 Å². The molecule has 0 spiro atoms. The average molecular weight is 248 g/mol. The van der Waals surface area contributed by atoms with Gasteiger partial charge in [-0.3, -0.25) is 4.79 Å². The van der Waals surface area contributed by atoms with Gasteiger partial charge in [0.2, 0.25) is 5.91 Å². The highest BCUT2D eigenvalue weighted by Crippen LogP contribution is 2.20. The fraction of sp³-hybridized carbons (Fsp3) is 0.533. The first-order chi connectivity index (χ1) is 8.40. The van der Waals surface area contributed by atoms with Crippen molar-refractivity contribution in [2.24, 2.45) is 5.92 Å². The Balaban J connectivity index is 2.51. The molecule has 0 aliphatic heterocycles. The average Bonchev–Trinajstić information content (AvgIpc) is 2.29. The van der Waals surface area contributed by atoms with Crippen molar-refractivity contribution in [3.05, 3.63) is 29.8 Å². The summed E-state index contributed by atoms with van der Waals surface area (Å²) < 4.78 is 0. The minimum absolute atomic E-state index is 0.112. The molecule has 2 unspecified atom stereocenters. The second kappa shape index (κ2) is 6.43. The number of hydrogen-bond donors (Lipinski definition) is 2. The van der Waals surface area contributed by atoms with Gasteiger partial charge in [0.05, 0.1) is 0 Å². The summed E-state index contributed by atoms with van der Waals surface area (Å²) in [5, 5.41) is 3.03. The zero-order valence-corrected chi connectivity index (χ0v) is 11.7. The molecule has 3 N–H and O–H groups in total. The second-order valence-corrected chi connectivity index (χ2v) is 5.37. The quantitative estimate of drug-likeness (QED) is 0.787. The number of nitrogens with one attached hydrogen (secondary N) is 1. The minimum Gasteiger partial charge on any atom is -0.399 e. The molecule has 0 aliphatic carbocycles. The number of nitrogens with two attached hydrogens (primary N) is 1. The van der Waals surface area contributed by atoms with Crippen LogP contribution in [-0.2, 0) is 4.79 Å². The Morgan fingerprint density at radius 2 is 1.72 bits per heavy atom. The lowest BCUT2D eigenvalue weighted by Gasteiger charge is -2.19. The van der Waals surface area contributed by atoms with Gasteiger partial charge in [-0.25, -0.2) is 0 Å². The van der Waals surface area contributed by atoms with E-state index < -0.39 is 0 Å². The van der Waals surface area contributed by atoms with Gasteiger partial charge in [0.1, 0.15) is 0 Å². The Labute approximate surface area is 110 Å². The molecule has 0 bridgehead atoms. The van der Waals surface area contributed by atoms with E-state index in [0.29, 0.717) is 12.3 Å². The lowest BCUT2D eigenvalue weighted by atomic mass is 9.96. The van der Waals surface area contributed by atoms with Crippen molar-refractivity contribution in [3.63, 3.8) is 0 Å². The minimum atomic E-state index is 0.112. The molecule has 0 saturated carbocycles. The van der Waals surface area contributed by atoms with Crippen LogP contribution >= 0.6 is 0 Å². The highest BCUT2D eigenvalue weighted by Gasteiger charge is 2.14. The Morgan fingerprint density at radius 3 is 2.22 bits per heavy atom. The van der Waals surface area contributed by atoms with Crippen LogP contribution in [0.25, 0.3) is 0 Å². The molecule has 0 fully saturated rings. The van der Waals surface area contributed by atoms with Crippen molar-refractivity contribution in [3.8, 4) is 0 Å². The lowest BCUT2D eigenvalue weighted by molar-refractivity contribution is -0.122. The number of anilines is 1. The molecule has 0 aromatic heterocycles. The van der Waals surface area contributed by atoms with Crippen molar-refractivity contribution in [1.29, 1.82) is 0 Å². The maximum Gasteiger partial charge on any atom is 0.220 e. The first-order valence-corrected chi connectivity index (χ1v) is 6.55. The zero-order valence-electron chi connectivity index (χ0n) is 11.7. The third-order valence-electron chi connectivity index (χ3n) is 3.39. The molecule has 2 atom stereocenters. The van der Waals surface area contributed by atoms with Gasteiger partial charge >= 0.3 is 0 Å². The topological polar surface area (TPSA) is 55.1 Å². The smallest absolute Gasteiger partial charge is 0.220 e. The number of hydrogen-bond acceptors (Lipinski definition) is 2. The molecule has 3 nitrogen and oxygen atoms in total. The first-order valence-electron chi connectivity index (χ1n) is 6.55. The van der Waals surface area contributed by atoms with E-state index in [9.17, 15) is 4.79 Å². The highest BCUT2D eigenvalue weighted by atomic mass is 16.1. The van der Waals surface area contributed by atoms with Crippen LogP contribution < -0.4 is 11.1 Å². The molecule has 0 heterocycles. The maximum atomic E-state index is 11.9. The number of rotatable bonds is 5. The molecular weight excluding hydrogens is 224 g/mol. The van der Waals surface area contributed by atoms with Crippen LogP contribution in [0.2, 0.25) is 0 Å². The van der Waals surface area contributed by atoms with Crippen LogP contribution in [0.1, 0.15) is 45.6 Å². The summed E-state index contributed by atoms with van der Waals surface area (Å²) in [4.78, 5) is 11.9. The molecule has 1 aromatic rings. The molecular formula is C15H24N2O. The van der Waals surface area contributed by atoms with Crippen LogP contribution in [0.15, 0.2) is 24.3 Å². The number of nitrogen functional groups attached to an aromatic ring is 1. The predicted molar refractivity (Wildman–Crippen MR) is 76.3 cm³/mol. The summed E-state index contributed by atoms with van der Waals surface area (Å²) in [7, 11) is 0. The summed E-state index contributed by atoms with van der Waals surface area (Å²) in [5.74, 6) is 0.784. The van der Waals surface area contributed by atoms with Gasteiger partial charge in [-0.15, -0.1) is 0 Å². The molecule has 100 valence electrons. The summed E-state index contributed by atoms with van der Waals surface area (Å²) >= 11 is 0. The first kappa shape index (κ1) is 14.6. The van der Waals surface area contributed by atoms with E-state index in [2.05, 4.69) is 26.1 Å². The van der Waals surface area contributed by atoms with Crippen molar-refractivity contribution >= 4 is 11.6 Å². The summed E-state index contributed by atoms with van der Waals surface area (Å²) in [6, 6.07) is 7.94. The van der Waals surface area contributed by atoms with E-state index in [1.54, 1.807) is 0 Å². The van der Waals surface area contributed by atoms with Crippen molar-refractivity contribution in [2.75, 3.05) is 5.73 Å². The predicted octanol–water partition coefficient (Wildman–Crippen LogP) is 2.92. The Kier molecular flexibility index (Phi) is 5.20. The van der Waals surface area contributed by atoms with Crippen molar-refractivity contribution < 1.29 is 4.79 Å². The molecule has 0 radical (unpaired) electrons. The highest BCUT2D eigenvalue weighted by molar-refractivity contribution is 5.77. The standard InChI is InChI=1S/C15H24N2O/c1-10(2)12(4)17-15(18)9-11(3)13-5-7-14(16)8-6-13/h5-8,10-12H,9,16H2,1-4H3,(H,17,18). The SMILES string of the molecule is CC(CC(=O)NC(C)C(C)C)c1ccc(N)cc1. The van der Waals surface area contributed by atoms with Gasteiger partial charge in [0.25, 0.3) is 0 Å². The molecule has 18 heavy (non-hydrogen) atoms. The number of benzene rings is 1. The molecule has 1 amide bonds. The molecule has 1 rings (SSSR count). The fourth-order valence-corrected chi connectivity index (χ4v) is 1.70. The third-order valence-corrected chi connectivity index (χ3v) is 3.39. The number of amides is 1. The van der Waals surface area contributed by atoms with E-state index in [1.807, 2.05) is 31.2 Å². The van der Waals surface area contributed by atoms with Gasteiger partial charge in [0.15, 0.2) is 0 Å². The maximum absolute atomic E-state index is 11.9. The Morgan fingerprint density at radius 1 is 1.17 bits per heavy atom. The zero-order chi connectivity index (χ0) is 13.7. The summed E-state index contributed by atoms with van der Waals surface area (Å²) in [5.41, 5.74) is 7.55. The molecule has 0 saturated heterocycles. The molecule has 0 aliphatic rings. The summed E-state index contributed by atoms with van der Waals surface area (Å²) in [6.07, 6.45) is 0.515. The van der Waals surface area contributed by atoms with Crippen LogP contribution in [0.5, 0.6) is 0 Å². The third kappa shape index (κ3) is 4.40. The van der Waals surface area contributed by atoms with Gasteiger partial charge in [-0.2, -0.15) is 0 Å². The van der Waals surface area contributed by atoms with E-state index >= 15 is 0 Å². The van der Waals surface area contributed by atoms with Crippen LogP contribution in [0.3, 0.4) is 0 Å². The Bertz CT molecular complexity index is 384. The Hall–Kier alpha value is -1.51. The van der Waals surface area contributed by atoms with Gasteiger partial charge in [-0.05, 0) is 36.5 Å². The van der Waals surface area contributed by atoms with Crippen molar-refractivity contribution in [2.45, 2.75) is 46.1 Å². The number of carbonyl (C=O) groups excluding carboxylic acids is 1. The van der Waals surface area contributed by atoms with Crippen LogP contribution in [-0.4, -0.2) is 11.9 Å². The summed E-state index contributed by atoms with van der Waals surface area (Å²) in [6.45, 7) is 8.31. The van der Waals surface area contributed by atoms with Gasteiger partial charge in [-0.1, -0.05) is 32.9 Å². The lowest BCUT2D eigenvalue weighted by Crippen LogP contribution is -2.36. The van der Waals surface area contributed by atoms with E-state index in [-0.39, 0.29) is 17.9 Å². The normalized spacial score (nSPS) is 14.3. The number of carbonyl (C=O) groups is 1. The second-order valence-electron chi connectivity index (χ2n) is 5.37. The van der Waals surface area contributed by atoms with E-state index in [0.717, 1.165) is 11.3 Å².